The summed E-state index contributed by atoms with van der Waals surface area (Å²) in [5.41, 5.74) is 7.78. The smallest absolute Gasteiger partial charge is 0.241 e. The van der Waals surface area contributed by atoms with E-state index >= 15 is 0 Å². The molecule has 0 radical (unpaired) electrons. The van der Waals surface area contributed by atoms with Crippen LogP contribution in [0.3, 0.4) is 0 Å². The van der Waals surface area contributed by atoms with Gasteiger partial charge in [-0.05, 0) is 44.1 Å². The average Bonchev–Trinajstić information content (AvgIpc) is 2.87. The fourth-order valence-electron chi connectivity index (χ4n) is 2.44. The van der Waals surface area contributed by atoms with Crippen LogP contribution < -0.4 is 11.1 Å². The number of hydrogen-bond donors (Lipinski definition) is 2. The minimum atomic E-state index is -0.443. The van der Waals surface area contributed by atoms with Crippen LogP contribution in [0.2, 0.25) is 0 Å². The zero-order chi connectivity index (χ0) is 16.1. The number of carbonyl (C=O) groups excluding carboxylic acids is 1. The highest BCUT2D eigenvalue weighted by atomic mass is 16.2. The molecule has 0 spiro atoms. The van der Waals surface area contributed by atoms with E-state index in [9.17, 15) is 4.79 Å². The van der Waals surface area contributed by atoms with Crippen LogP contribution in [0.1, 0.15) is 19.8 Å². The number of nitrogens with one attached hydrogen (secondary N) is 1. The van der Waals surface area contributed by atoms with Crippen molar-refractivity contribution in [3.8, 4) is 0 Å². The van der Waals surface area contributed by atoms with Gasteiger partial charge in [0.1, 0.15) is 0 Å². The van der Waals surface area contributed by atoms with Gasteiger partial charge in [-0.3, -0.25) is 4.79 Å². The topological polar surface area (TPSA) is 63.3 Å². The fourth-order valence-corrected chi connectivity index (χ4v) is 2.44. The number of fused-ring (bicyclic) bond motifs is 1. The number of hydrogen-bond acceptors (Lipinski definition) is 3. The van der Waals surface area contributed by atoms with Gasteiger partial charge in [-0.2, -0.15) is 0 Å². The van der Waals surface area contributed by atoms with E-state index in [1.54, 1.807) is 0 Å². The van der Waals surface area contributed by atoms with E-state index in [-0.39, 0.29) is 5.91 Å². The molecule has 0 fully saturated rings. The third-order valence-electron chi connectivity index (χ3n) is 3.77. The van der Waals surface area contributed by atoms with E-state index in [0.717, 1.165) is 30.7 Å². The number of aromatic nitrogens is 1. The van der Waals surface area contributed by atoms with Crippen molar-refractivity contribution in [1.82, 2.24) is 9.47 Å². The Labute approximate surface area is 132 Å². The van der Waals surface area contributed by atoms with Gasteiger partial charge in [-0.15, -0.1) is 0 Å². The molecule has 3 N–H and O–H groups in total. The Morgan fingerprint density at radius 1 is 1.36 bits per heavy atom. The summed E-state index contributed by atoms with van der Waals surface area (Å²) in [5, 5.41) is 4.09. The van der Waals surface area contributed by atoms with Gasteiger partial charge >= 0.3 is 0 Å². The van der Waals surface area contributed by atoms with Crippen LogP contribution >= 0.6 is 0 Å². The number of amides is 1. The molecule has 22 heavy (non-hydrogen) atoms. The molecule has 1 unspecified atom stereocenters. The highest BCUT2D eigenvalue weighted by molar-refractivity contribution is 5.96. The Bertz CT molecular complexity index is 633. The molecular formula is C17H26N4O. The maximum atomic E-state index is 12.0. The lowest BCUT2D eigenvalue weighted by atomic mass is 10.1. The van der Waals surface area contributed by atoms with Gasteiger partial charge in [-0.25, -0.2) is 0 Å². The molecule has 1 amide bonds. The van der Waals surface area contributed by atoms with Gasteiger partial charge in [0, 0.05) is 25.0 Å². The summed E-state index contributed by atoms with van der Waals surface area (Å²) in [6.07, 6.45) is 3.69. The summed E-state index contributed by atoms with van der Waals surface area (Å²) in [6.45, 7) is 3.92. The van der Waals surface area contributed by atoms with Crippen molar-refractivity contribution in [2.75, 3.05) is 26.0 Å². The summed E-state index contributed by atoms with van der Waals surface area (Å²) in [5.74, 6) is -0.118. The zero-order valence-corrected chi connectivity index (χ0v) is 13.7. The van der Waals surface area contributed by atoms with Crippen molar-refractivity contribution >= 4 is 22.5 Å². The van der Waals surface area contributed by atoms with Gasteiger partial charge in [-0.1, -0.05) is 19.4 Å². The monoisotopic (exact) mass is 302 g/mol. The predicted molar refractivity (Wildman–Crippen MR) is 92.0 cm³/mol. The number of nitrogens with two attached hydrogens (primary N) is 1. The summed E-state index contributed by atoms with van der Waals surface area (Å²) >= 11 is 0. The number of likely N-dealkylation sites (N-methyl/N-ethyl adjacent to an activating group) is 1. The molecule has 1 heterocycles. The Balaban J connectivity index is 2.14. The Morgan fingerprint density at radius 3 is 2.82 bits per heavy atom. The van der Waals surface area contributed by atoms with Crippen molar-refractivity contribution in [1.29, 1.82) is 0 Å². The SMILES string of the molecule is CCCC(N)C(=O)Nc1ccc2ccn(CCN(C)C)c2c1. The van der Waals surface area contributed by atoms with E-state index in [0.29, 0.717) is 6.42 Å². The van der Waals surface area contributed by atoms with E-state index in [4.69, 9.17) is 5.73 Å². The second kappa shape index (κ2) is 7.42. The van der Waals surface area contributed by atoms with Crippen LogP contribution in [0.25, 0.3) is 10.9 Å². The van der Waals surface area contributed by atoms with Crippen LogP contribution in [-0.2, 0) is 11.3 Å². The van der Waals surface area contributed by atoms with E-state index in [2.05, 4.69) is 41.1 Å². The molecule has 0 aliphatic carbocycles. The van der Waals surface area contributed by atoms with E-state index in [1.807, 2.05) is 25.1 Å². The lowest BCUT2D eigenvalue weighted by Gasteiger charge is -2.13. The first-order chi connectivity index (χ1) is 10.5. The molecule has 0 saturated heterocycles. The molecule has 5 nitrogen and oxygen atoms in total. The molecule has 1 atom stereocenters. The normalized spacial score (nSPS) is 12.8. The molecule has 2 rings (SSSR count). The number of rotatable bonds is 7. The molecule has 120 valence electrons. The van der Waals surface area contributed by atoms with Gasteiger partial charge in [0.15, 0.2) is 0 Å². The van der Waals surface area contributed by atoms with Crippen molar-refractivity contribution in [2.24, 2.45) is 5.73 Å². The Morgan fingerprint density at radius 2 is 2.14 bits per heavy atom. The standard InChI is InChI=1S/C17H26N4O/c1-4-5-15(18)17(22)19-14-7-6-13-8-9-21(16(13)12-14)11-10-20(2)3/h6-9,12,15H,4-5,10-11,18H2,1-3H3,(H,19,22). The first-order valence-corrected chi connectivity index (χ1v) is 7.81. The van der Waals surface area contributed by atoms with Gasteiger partial charge in [0.05, 0.1) is 11.6 Å². The molecule has 0 saturated carbocycles. The molecule has 0 bridgehead atoms. The molecule has 2 aromatic rings. The first kappa shape index (κ1) is 16.5. The predicted octanol–water partition coefficient (Wildman–Crippen LogP) is 2.27. The van der Waals surface area contributed by atoms with Crippen molar-refractivity contribution in [3.05, 3.63) is 30.5 Å². The van der Waals surface area contributed by atoms with Gasteiger partial charge in [0.25, 0.3) is 0 Å². The molecule has 1 aromatic carbocycles. The number of benzene rings is 1. The van der Waals surface area contributed by atoms with Crippen LogP contribution in [0.15, 0.2) is 30.5 Å². The number of carbonyl (C=O) groups is 1. The quantitative estimate of drug-likeness (QED) is 0.824. The van der Waals surface area contributed by atoms with Crippen LogP contribution in [-0.4, -0.2) is 42.1 Å². The molecule has 0 aliphatic rings. The van der Waals surface area contributed by atoms with Crippen LogP contribution in [0.5, 0.6) is 0 Å². The van der Waals surface area contributed by atoms with Gasteiger partial charge < -0.3 is 20.5 Å². The highest BCUT2D eigenvalue weighted by Gasteiger charge is 2.12. The highest BCUT2D eigenvalue weighted by Crippen LogP contribution is 2.21. The second-order valence-electron chi connectivity index (χ2n) is 5.97. The maximum absolute atomic E-state index is 12.0. The minimum absolute atomic E-state index is 0.118. The van der Waals surface area contributed by atoms with Crippen molar-refractivity contribution in [3.63, 3.8) is 0 Å². The van der Waals surface area contributed by atoms with E-state index in [1.165, 1.54) is 5.39 Å². The Hall–Kier alpha value is -1.85. The lowest BCUT2D eigenvalue weighted by Crippen LogP contribution is -2.35. The summed E-state index contributed by atoms with van der Waals surface area (Å²) in [6, 6.07) is 7.62. The molecule has 0 aliphatic heterocycles. The van der Waals surface area contributed by atoms with E-state index < -0.39 is 6.04 Å². The van der Waals surface area contributed by atoms with Crippen molar-refractivity contribution in [2.45, 2.75) is 32.4 Å². The third kappa shape index (κ3) is 4.08. The van der Waals surface area contributed by atoms with Crippen LogP contribution in [0.4, 0.5) is 5.69 Å². The molecule has 1 aromatic heterocycles. The first-order valence-electron chi connectivity index (χ1n) is 7.81. The van der Waals surface area contributed by atoms with Gasteiger partial charge in [0.2, 0.25) is 5.91 Å². The number of nitrogens with zero attached hydrogens (tertiary/aromatic N) is 2. The zero-order valence-electron chi connectivity index (χ0n) is 13.7. The van der Waals surface area contributed by atoms with Crippen molar-refractivity contribution < 1.29 is 4.79 Å². The fraction of sp³-hybridized carbons (Fsp3) is 0.471. The minimum Gasteiger partial charge on any atom is -0.346 e. The maximum Gasteiger partial charge on any atom is 0.241 e. The summed E-state index contributed by atoms with van der Waals surface area (Å²) < 4.78 is 2.21. The van der Waals surface area contributed by atoms with Crippen LogP contribution in [0, 0.1) is 0 Å². The molecule has 5 heteroatoms. The summed E-state index contributed by atoms with van der Waals surface area (Å²) in [7, 11) is 4.12. The second-order valence-corrected chi connectivity index (χ2v) is 5.97. The summed E-state index contributed by atoms with van der Waals surface area (Å²) in [4.78, 5) is 14.2. The number of anilines is 1. The Kier molecular flexibility index (Phi) is 5.57. The third-order valence-corrected chi connectivity index (χ3v) is 3.77. The largest absolute Gasteiger partial charge is 0.346 e. The lowest BCUT2D eigenvalue weighted by molar-refractivity contribution is -0.117. The average molecular weight is 302 g/mol. The molecular weight excluding hydrogens is 276 g/mol.